The van der Waals surface area contributed by atoms with Crippen LogP contribution >= 0.6 is 11.8 Å². The van der Waals surface area contributed by atoms with Crippen LogP contribution in [0.15, 0.2) is 46.2 Å². The van der Waals surface area contributed by atoms with E-state index in [1.807, 2.05) is 18.2 Å². The maximum Gasteiger partial charge on any atom is 0.152 e. The molecule has 0 saturated heterocycles. The van der Waals surface area contributed by atoms with Crippen molar-refractivity contribution in [3.8, 4) is 0 Å². The lowest BCUT2D eigenvalue weighted by molar-refractivity contribution is 0.112. The van der Waals surface area contributed by atoms with E-state index in [4.69, 9.17) is 0 Å². The van der Waals surface area contributed by atoms with Crippen LogP contribution in [0.2, 0.25) is 0 Å². The Morgan fingerprint density at radius 3 is 2.77 bits per heavy atom. The van der Waals surface area contributed by atoms with E-state index in [-0.39, 0.29) is 0 Å². The normalized spacial score (nSPS) is 14.5. The lowest BCUT2D eigenvalue weighted by atomic mass is 10.1. The van der Waals surface area contributed by atoms with Gasteiger partial charge in [0.2, 0.25) is 0 Å². The molecule has 0 amide bonds. The minimum absolute atomic E-state index is 0.365. The van der Waals surface area contributed by atoms with Gasteiger partial charge in [-0.2, -0.15) is 0 Å². The van der Waals surface area contributed by atoms with Gasteiger partial charge < -0.3 is 9.80 Å². The van der Waals surface area contributed by atoms with Gasteiger partial charge in [0, 0.05) is 27.9 Å². The quantitative estimate of drug-likeness (QED) is 0.800. The molecule has 0 aromatic heterocycles. The first kappa shape index (κ1) is 15.1. The fraction of sp³-hybridized carbons (Fsp3) is 0.278. The maximum atomic E-state index is 11.5. The summed E-state index contributed by atoms with van der Waals surface area (Å²) in [6.45, 7) is 3.02. The molecule has 1 radical (unpaired) electrons. The van der Waals surface area contributed by atoms with Crippen molar-refractivity contribution in [1.82, 2.24) is 4.90 Å². The van der Waals surface area contributed by atoms with Crippen LogP contribution in [-0.4, -0.2) is 37.9 Å². The van der Waals surface area contributed by atoms with E-state index in [9.17, 15) is 4.79 Å². The molecular formula is C18H19N2OS. The first-order valence-corrected chi connectivity index (χ1v) is 8.14. The van der Waals surface area contributed by atoms with Crippen LogP contribution in [0.1, 0.15) is 17.3 Å². The van der Waals surface area contributed by atoms with Crippen LogP contribution in [-0.2, 0) is 0 Å². The summed E-state index contributed by atoms with van der Waals surface area (Å²) >= 11 is 1.72. The lowest BCUT2D eigenvalue weighted by Gasteiger charge is -2.36. The van der Waals surface area contributed by atoms with Crippen LogP contribution in [0.4, 0.5) is 11.4 Å². The number of rotatable bonds is 4. The number of carbonyl (C=O) groups is 1. The summed E-state index contributed by atoms with van der Waals surface area (Å²) in [4.78, 5) is 18.3. The molecule has 0 spiro atoms. The van der Waals surface area contributed by atoms with E-state index in [0.717, 1.165) is 29.1 Å². The number of hydrogen-bond acceptors (Lipinski definition) is 4. The molecule has 0 aliphatic carbocycles. The van der Waals surface area contributed by atoms with E-state index in [1.54, 1.807) is 11.8 Å². The van der Waals surface area contributed by atoms with Crippen molar-refractivity contribution < 1.29 is 4.79 Å². The Balaban J connectivity index is 2.12. The molecule has 3 rings (SSSR count). The van der Waals surface area contributed by atoms with Gasteiger partial charge in [0.05, 0.1) is 11.4 Å². The fourth-order valence-corrected chi connectivity index (χ4v) is 3.68. The van der Waals surface area contributed by atoms with Gasteiger partial charge in [-0.05, 0) is 45.3 Å². The van der Waals surface area contributed by atoms with Crippen LogP contribution in [0.25, 0.3) is 0 Å². The highest BCUT2D eigenvalue weighted by molar-refractivity contribution is 7.99. The van der Waals surface area contributed by atoms with Crippen LogP contribution in [0.5, 0.6) is 0 Å². The summed E-state index contributed by atoms with van der Waals surface area (Å²) in [5.74, 6) is 0. The van der Waals surface area contributed by atoms with E-state index in [1.165, 1.54) is 4.90 Å². The Morgan fingerprint density at radius 2 is 2.05 bits per heavy atom. The highest BCUT2D eigenvalue weighted by Crippen LogP contribution is 2.49. The van der Waals surface area contributed by atoms with Crippen molar-refractivity contribution in [2.45, 2.75) is 22.8 Å². The summed E-state index contributed by atoms with van der Waals surface area (Å²) in [6, 6.07) is 15.7. The Bertz CT molecular complexity index is 699. The van der Waals surface area contributed by atoms with Gasteiger partial charge in [-0.3, -0.25) is 4.79 Å². The van der Waals surface area contributed by atoms with Gasteiger partial charge in [0.25, 0.3) is 0 Å². The number of para-hydroxylation sites is 1. The van der Waals surface area contributed by atoms with Crippen molar-refractivity contribution in [2.75, 3.05) is 25.5 Å². The topological polar surface area (TPSA) is 23.6 Å². The smallest absolute Gasteiger partial charge is 0.152 e. The molecule has 22 heavy (non-hydrogen) atoms. The fourth-order valence-electron chi connectivity index (χ4n) is 2.56. The van der Waals surface area contributed by atoms with Crippen molar-refractivity contribution in [1.29, 1.82) is 0 Å². The number of likely N-dealkylation sites (N-methyl/N-ethyl adjacent to an activating group) is 1. The van der Waals surface area contributed by atoms with Gasteiger partial charge >= 0.3 is 0 Å². The average molecular weight is 311 g/mol. The molecule has 2 aromatic rings. The minimum Gasteiger partial charge on any atom is -0.337 e. The highest BCUT2D eigenvalue weighted by Gasteiger charge is 2.27. The number of nitrogens with zero attached hydrogens (tertiary/aromatic N) is 2. The molecule has 1 aliphatic rings. The van der Waals surface area contributed by atoms with Crippen molar-refractivity contribution in [2.24, 2.45) is 0 Å². The Hall–Kier alpha value is -1.78. The zero-order chi connectivity index (χ0) is 15.7. The summed E-state index contributed by atoms with van der Waals surface area (Å²) < 4.78 is 0. The third kappa shape index (κ3) is 2.64. The second kappa shape index (κ2) is 6.15. The van der Waals surface area contributed by atoms with Gasteiger partial charge in [0.15, 0.2) is 6.29 Å². The molecule has 3 nitrogen and oxygen atoms in total. The number of fused-ring (bicyclic) bond motifs is 2. The first-order chi connectivity index (χ1) is 10.6. The molecule has 0 N–H and O–H groups in total. The molecular weight excluding hydrogens is 292 g/mol. The SMILES string of the molecule is CC(CN1c2ccccc2Sc2cc[c]c(C=O)c21)N(C)C. The molecule has 0 fully saturated rings. The monoisotopic (exact) mass is 311 g/mol. The third-order valence-electron chi connectivity index (χ3n) is 4.05. The molecule has 4 heteroatoms. The largest absolute Gasteiger partial charge is 0.337 e. The molecule has 1 unspecified atom stereocenters. The molecule has 0 saturated carbocycles. The molecule has 0 bridgehead atoms. The van der Waals surface area contributed by atoms with Crippen molar-refractivity contribution in [3.05, 3.63) is 48.0 Å². The Labute approximate surface area is 135 Å². The number of hydrogen-bond donors (Lipinski definition) is 0. The Morgan fingerprint density at radius 1 is 1.27 bits per heavy atom. The van der Waals surface area contributed by atoms with Crippen LogP contribution < -0.4 is 4.90 Å². The third-order valence-corrected chi connectivity index (χ3v) is 5.17. The molecule has 113 valence electrons. The second-order valence-electron chi connectivity index (χ2n) is 5.72. The summed E-state index contributed by atoms with van der Waals surface area (Å²) in [6.07, 6.45) is 0.903. The van der Waals surface area contributed by atoms with Crippen molar-refractivity contribution >= 4 is 29.4 Å². The summed E-state index contributed by atoms with van der Waals surface area (Å²) in [5.41, 5.74) is 2.77. The summed E-state index contributed by atoms with van der Waals surface area (Å²) in [7, 11) is 4.15. The van der Waals surface area contributed by atoms with E-state index >= 15 is 0 Å². The van der Waals surface area contributed by atoms with Gasteiger partial charge in [-0.25, -0.2) is 0 Å². The average Bonchev–Trinajstić information content (AvgIpc) is 2.53. The zero-order valence-electron chi connectivity index (χ0n) is 13.0. The van der Waals surface area contributed by atoms with Crippen LogP contribution in [0, 0.1) is 6.07 Å². The number of anilines is 2. The predicted octanol–water partition coefficient (Wildman–Crippen LogP) is 3.85. The number of carbonyl (C=O) groups excluding carboxylic acids is 1. The van der Waals surface area contributed by atoms with E-state index in [0.29, 0.717) is 11.6 Å². The van der Waals surface area contributed by atoms with Crippen molar-refractivity contribution in [3.63, 3.8) is 0 Å². The first-order valence-electron chi connectivity index (χ1n) is 7.32. The number of benzene rings is 2. The highest BCUT2D eigenvalue weighted by atomic mass is 32.2. The number of aldehydes is 1. The maximum absolute atomic E-state index is 11.5. The van der Waals surface area contributed by atoms with E-state index in [2.05, 4.69) is 55.1 Å². The molecule has 1 heterocycles. The van der Waals surface area contributed by atoms with Gasteiger partial charge in [0.1, 0.15) is 0 Å². The summed E-state index contributed by atoms with van der Waals surface area (Å²) in [5, 5.41) is 0. The molecule has 2 aromatic carbocycles. The lowest BCUT2D eigenvalue weighted by Crippen LogP contribution is -2.37. The second-order valence-corrected chi connectivity index (χ2v) is 6.80. The van der Waals surface area contributed by atoms with E-state index < -0.39 is 0 Å². The predicted molar refractivity (Wildman–Crippen MR) is 91.4 cm³/mol. The van der Waals surface area contributed by atoms with Crippen LogP contribution in [0.3, 0.4) is 0 Å². The molecule has 1 atom stereocenters. The zero-order valence-corrected chi connectivity index (χ0v) is 13.9. The Kier molecular flexibility index (Phi) is 4.23. The minimum atomic E-state index is 0.365. The van der Waals surface area contributed by atoms with Gasteiger partial charge in [-0.1, -0.05) is 30.0 Å². The van der Waals surface area contributed by atoms with Gasteiger partial charge in [-0.15, -0.1) is 0 Å². The standard InChI is InChI=1S/C18H19N2OS/c1-13(19(2)3)11-20-15-8-4-5-9-16(15)22-17-10-6-7-14(12-21)18(17)20/h4-6,8-10,12-13H,11H2,1-3H3. The molecule has 1 aliphatic heterocycles.